The summed E-state index contributed by atoms with van der Waals surface area (Å²) >= 11 is 0. The molecule has 0 bridgehead atoms. The van der Waals surface area contributed by atoms with Gasteiger partial charge in [-0.3, -0.25) is 9.78 Å². The molecule has 0 aromatic carbocycles. The molecule has 118 valence electrons. The van der Waals surface area contributed by atoms with E-state index in [4.69, 9.17) is 0 Å². The molecule has 0 aliphatic heterocycles. The van der Waals surface area contributed by atoms with E-state index < -0.39 is 8.32 Å². The van der Waals surface area contributed by atoms with Gasteiger partial charge in [0, 0.05) is 23.9 Å². The van der Waals surface area contributed by atoms with E-state index in [2.05, 4.69) is 18.8 Å². The third kappa shape index (κ3) is 5.36. The average Bonchev–Trinajstić information content (AvgIpc) is 2.35. The highest BCUT2D eigenvalue weighted by atomic mass is 28.4. The number of aromatic nitrogens is 1. The Hall–Kier alpha value is -1.00. The van der Waals surface area contributed by atoms with Crippen LogP contribution in [0.3, 0.4) is 0 Å². The molecule has 0 fully saturated rings. The Morgan fingerprint density at radius 1 is 1.33 bits per heavy atom. The van der Waals surface area contributed by atoms with Crippen LogP contribution in [0.5, 0.6) is 0 Å². The first-order valence-corrected chi connectivity index (χ1v) is 10.7. The second kappa shape index (κ2) is 6.84. The number of aryl methyl sites for hydroxylation is 1. The molecule has 0 unspecified atom stereocenters. The predicted molar refractivity (Wildman–Crippen MR) is 90.1 cm³/mol. The van der Waals surface area contributed by atoms with Crippen molar-refractivity contribution in [1.29, 1.82) is 0 Å². The first-order chi connectivity index (χ1) is 9.53. The van der Waals surface area contributed by atoms with Gasteiger partial charge in [0.1, 0.15) is 0 Å². The van der Waals surface area contributed by atoms with Gasteiger partial charge < -0.3 is 4.80 Å². The van der Waals surface area contributed by atoms with E-state index in [1.54, 1.807) is 6.20 Å². The lowest BCUT2D eigenvalue weighted by molar-refractivity contribution is 0.0967. The van der Waals surface area contributed by atoms with E-state index in [9.17, 15) is 9.59 Å². The summed E-state index contributed by atoms with van der Waals surface area (Å²) in [7, 11) is -2.17. The molecule has 0 atom stereocenters. The van der Waals surface area contributed by atoms with E-state index >= 15 is 0 Å². The molecule has 1 heterocycles. The Labute approximate surface area is 129 Å². The van der Waals surface area contributed by atoms with Crippen LogP contribution < -0.4 is 0 Å². The molecule has 0 aliphatic rings. The lowest BCUT2D eigenvalue weighted by atomic mass is 10.0. The summed E-state index contributed by atoms with van der Waals surface area (Å²) in [5.41, 5.74) is 1.69. The molecule has 1 rings (SSSR count). The molecule has 4 heteroatoms. The number of Topliss-reactive ketones (excluding diaryl/α,β-unsaturated/α-hetero) is 1. The third-order valence-electron chi connectivity index (χ3n) is 4.40. The summed E-state index contributed by atoms with van der Waals surface area (Å²) < 4.78 is 0. The first kappa shape index (κ1) is 18.0. The molecule has 21 heavy (non-hydrogen) atoms. The fraction of sp³-hybridized carbons (Fsp3) is 0.647. The van der Waals surface area contributed by atoms with Gasteiger partial charge in [0.25, 0.3) is 0 Å². The van der Waals surface area contributed by atoms with Crippen LogP contribution in [-0.4, -0.2) is 23.9 Å². The Morgan fingerprint density at radius 3 is 2.38 bits per heavy atom. The molecule has 1 N–H and O–H groups in total. The number of rotatable bonds is 7. The Balaban J connectivity index is 2.66. The van der Waals surface area contributed by atoms with Gasteiger partial charge in [-0.15, -0.1) is 0 Å². The van der Waals surface area contributed by atoms with Gasteiger partial charge in [-0.2, -0.15) is 0 Å². The Bertz CT molecular complexity index is 473. The molecule has 1 aromatic heterocycles. The number of carbonyl (C=O) groups is 1. The fourth-order valence-electron chi connectivity index (χ4n) is 1.97. The summed E-state index contributed by atoms with van der Waals surface area (Å²) in [5, 5.41) is -0.0409. The highest BCUT2D eigenvalue weighted by Crippen LogP contribution is 2.39. The first-order valence-electron chi connectivity index (χ1n) is 7.73. The third-order valence-corrected chi connectivity index (χ3v) is 7.97. The van der Waals surface area contributed by atoms with Crippen molar-refractivity contribution in [2.75, 3.05) is 0 Å². The lowest BCUT2D eigenvalue weighted by Gasteiger charge is -2.35. The zero-order chi connectivity index (χ0) is 16.3. The maximum atomic E-state index is 11.9. The van der Waals surface area contributed by atoms with E-state index in [1.807, 2.05) is 39.1 Å². The van der Waals surface area contributed by atoms with Crippen molar-refractivity contribution in [3.05, 3.63) is 29.6 Å². The number of hydrogen-bond acceptors (Lipinski definition) is 3. The lowest BCUT2D eigenvalue weighted by Crippen LogP contribution is -2.39. The molecule has 0 amide bonds. The van der Waals surface area contributed by atoms with Crippen LogP contribution in [0.25, 0.3) is 0 Å². The smallest absolute Gasteiger partial charge is 0.188 e. The fourth-order valence-corrected chi connectivity index (χ4v) is 2.71. The van der Waals surface area contributed by atoms with Gasteiger partial charge in [0.05, 0.1) is 0 Å². The minimum Gasteiger partial charge on any atom is -0.432 e. The summed E-state index contributed by atoms with van der Waals surface area (Å²) in [6, 6.07) is 3.82. The summed E-state index contributed by atoms with van der Waals surface area (Å²) in [5.74, 6) is 0.531. The molecular formula is C17H29NO2Si. The average molecular weight is 308 g/mol. The highest BCUT2D eigenvalue weighted by Gasteiger charge is 2.37. The molecule has 0 spiro atoms. The van der Waals surface area contributed by atoms with Gasteiger partial charge in [-0.25, -0.2) is 0 Å². The molecular weight excluding hydrogens is 278 g/mol. The van der Waals surface area contributed by atoms with Crippen molar-refractivity contribution in [3.8, 4) is 0 Å². The summed E-state index contributed by atoms with van der Waals surface area (Å²) in [4.78, 5) is 26.7. The predicted octanol–water partition coefficient (Wildman–Crippen LogP) is 4.22. The monoisotopic (exact) mass is 307 g/mol. The maximum Gasteiger partial charge on any atom is 0.188 e. The van der Waals surface area contributed by atoms with Crippen molar-refractivity contribution in [1.82, 2.24) is 4.98 Å². The van der Waals surface area contributed by atoms with Gasteiger partial charge in [0.15, 0.2) is 14.1 Å². The van der Waals surface area contributed by atoms with E-state index in [1.165, 1.54) is 0 Å². The number of ketones is 1. The number of pyridine rings is 1. The van der Waals surface area contributed by atoms with Crippen LogP contribution in [-0.2, 0) is 6.42 Å². The van der Waals surface area contributed by atoms with E-state index in [-0.39, 0.29) is 10.8 Å². The normalized spacial score (nSPS) is 12.8. The van der Waals surface area contributed by atoms with Crippen LogP contribution >= 0.6 is 0 Å². The Kier molecular flexibility index (Phi) is 5.88. The van der Waals surface area contributed by atoms with Gasteiger partial charge >= 0.3 is 0 Å². The molecule has 1 aromatic rings. The van der Waals surface area contributed by atoms with Crippen molar-refractivity contribution >= 4 is 14.1 Å². The van der Waals surface area contributed by atoms with Gasteiger partial charge in [0.2, 0.25) is 0 Å². The second-order valence-electron chi connectivity index (χ2n) is 7.50. The molecule has 0 saturated heterocycles. The van der Waals surface area contributed by atoms with E-state index in [0.717, 1.165) is 18.5 Å². The number of nitrogens with zero attached hydrogens (tertiary/aromatic N) is 1. The minimum absolute atomic E-state index is 0.0409. The van der Waals surface area contributed by atoms with Crippen LogP contribution in [0.1, 0.15) is 56.6 Å². The largest absolute Gasteiger partial charge is 0.432 e. The second-order valence-corrected chi connectivity index (χ2v) is 12.0. The molecule has 0 aliphatic carbocycles. The minimum atomic E-state index is -2.17. The van der Waals surface area contributed by atoms with Crippen LogP contribution in [0.2, 0.25) is 18.1 Å². The summed E-state index contributed by atoms with van der Waals surface area (Å²) in [6.45, 7) is 12.3. The molecule has 0 radical (unpaired) electrons. The van der Waals surface area contributed by atoms with Gasteiger partial charge in [-0.05, 0) is 49.0 Å². The van der Waals surface area contributed by atoms with Crippen LogP contribution in [0.15, 0.2) is 18.3 Å². The zero-order valence-corrected chi connectivity index (χ0v) is 15.2. The van der Waals surface area contributed by atoms with Gasteiger partial charge in [-0.1, -0.05) is 27.7 Å². The maximum absolute atomic E-state index is 11.9. The SMILES string of the molecule is CC(C)CC(=O)c1ccc(CCC(C)(C)[Si](C)(C)O)nc1. The van der Waals surface area contributed by atoms with Crippen molar-refractivity contribution in [3.63, 3.8) is 0 Å². The quantitative estimate of drug-likeness (QED) is 0.606. The topological polar surface area (TPSA) is 50.2 Å². The number of carbonyl (C=O) groups excluding carboxylic acids is 1. The number of hydrogen-bond donors (Lipinski definition) is 1. The summed E-state index contributed by atoms with van der Waals surface area (Å²) in [6.07, 6.45) is 4.00. The molecule has 0 saturated carbocycles. The van der Waals surface area contributed by atoms with Crippen LogP contribution in [0.4, 0.5) is 0 Å². The highest BCUT2D eigenvalue weighted by molar-refractivity contribution is 6.72. The van der Waals surface area contributed by atoms with Crippen molar-refractivity contribution in [2.45, 2.75) is 65.1 Å². The van der Waals surface area contributed by atoms with Crippen LogP contribution in [0, 0.1) is 5.92 Å². The van der Waals surface area contributed by atoms with Crippen molar-refractivity contribution in [2.24, 2.45) is 5.92 Å². The molecule has 3 nitrogen and oxygen atoms in total. The van der Waals surface area contributed by atoms with Crippen molar-refractivity contribution < 1.29 is 9.59 Å². The standard InChI is InChI=1S/C17H29NO2Si/c1-13(2)11-16(19)14-7-8-15(18-12-14)9-10-17(3,4)21(5,6)20/h7-8,12-13,20H,9-11H2,1-6H3. The zero-order valence-electron chi connectivity index (χ0n) is 14.2. The van der Waals surface area contributed by atoms with E-state index in [0.29, 0.717) is 17.9 Å². The Morgan fingerprint density at radius 2 is 1.95 bits per heavy atom.